The Hall–Kier alpha value is -1.55. The van der Waals surface area contributed by atoms with Gasteiger partial charge in [-0.1, -0.05) is 29.8 Å². The summed E-state index contributed by atoms with van der Waals surface area (Å²) in [7, 11) is 0. The van der Waals surface area contributed by atoms with Gasteiger partial charge in [-0.05, 0) is 37.8 Å². The van der Waals surface area contributed by atoms with E-state index in [4.69, 9.17) is 16.7 Å². The third-order valence-electron chi connectivity index (χ3n) is 3.62. The summed E-state index contributed by atoms with van der Waals surface area (Å²) in [6, 6.07) is 7.38. The molecule has 1 aliphatic carbocycles. The van der Waals surface area contributed by atoms with Gasteiger partial charge in [-0.3, -0.25) is 9.59 Å². The average Bonchev–Trinajstić information content (AvgIpc) is 3.15. The van der Waals surface area contributed by atoms with Gasteiger partial charge >= 0.3 is 5.97 Å². The lowest BCUT2D eigenvalue weighted by Gasteiger charge is -2.25. The fourth-order valence-electron chi connectivity index (χ4n) is 2.46. The molecule has 0 saturated heterocycles. The van der Waals surface area contributed by atoms with Crippen LogP contribution in [0.25, 0.3) is 0 Å². The monoisotopic (exact) mass is 295 g/mol. The minimum absolute atomic E-state index is 0.0904. The molecule has 2 unspecified atom stereocenters. The van der Waals surface area contributed by atoms with Crippen LogP contribution < -0.4 is 0 Å². The van der Waals surface area contributed by atoms with E-state index in [1.54, 1.807) is 0 Å². The van der Waals surface area contributed by atoms with Gasteiger partial charge in [0.15, 0.2) is 0 Å². The van der Waals surface area contributed by atoms with Crippen LogP contribution in [0.15, 0.2) is 24.3 Å². The molecule has 0 radical (unpaired) electrons. The van der Waals surface area contributed by atoms with Crippen molar-refractivity contribution in [1.82, 2.24) is 4.90 Å². The fraction of sp³-hybridized carbons (Fsp3) is 0.467. The Balaban J connectivity index is 2.08. The van der Waals surface area contributed by atoms with E-state index in [1.165, 1.54) is 4.90 Å². The summed E-state index contributed by atoms with van der Waals surface area (Å²) in [6.07, 6.45) is 0.741. The molecule has 20 heavy (non-hydrogen) atoms. The summed E-state index contributed by atoms with van der Waals surface area (Å²) in [4.78, 5) is 24.7. The van der Waals surface area contributed by atoms with Crippen LogP contribution in [0.3, 0.4) is 0 Å². The first kappa shape index (κ1) is 14.9. The van der Waals surface area contributed by atoms with E-state index in [1.807, 2.05) is 38.1 Å². The lowest BCUT2D eigenvalue weighted by atomic mass is 10.1. The summed E-state index contributed by atoms with van der Waals surface area (Å²) in [5, 5.41) is 9.56. The van der Waals surface area contributed by atoms with E-state index in [2.05, 4.69) is 0 Å². The fourth-order valence-corrected chi connectivity index (χ4v) is 2.74. The third kappa shape index (κ3) is 3.12. The number of hydrogen-bond donors (Lipinski definition) is 1. The highest BCUT2D eigenvalue weighted by molar-refractivity contribution is 6.31. The number of carbonyl (C=O) groups excluding carboxylic acids is 1. The van der Waals surface area contributed by atoms with Crippen molar-refractivity contribution in [2.75, 3.05) is 6.54 Å². The molecule has 1 aliphatic rings. The Morgan fingerprint density at radius 2 is 2.05 bits per heavy atom. The van der Waals surface area contributed by atoms with Crippen LogP contribution in [0.1, 0.15) is 31.7 Å². The van der Waals surface area contributed by atoms with Crippen molar-refractivity contribution >= 4 is 23.5 Å². The van der Waals surface area contributed by atoms with Crippen molar-refractivity contribution in [2.45, 2.75) is 32.2 Å². The second kappa shape index (κ2) is 5.83. The highest BCUT2D eigenvalue weighted by atomic mass is 35.5. The molecule has 0 aromatic heterocycles. The number of carbonyl (C=O) groups is 2. The molecule has 1 N–H and O–H groups in total. The highest BCUT2D eigenvalue weighted by Crippen LogP contribution is 2.50. The molecular formula is C15H18ClNO3. The molecule has 2 atom stereocenters. The van der Waals surface area contributed by atoms with Crippen molar-refractivity contribution in [3.8, 4) is 0 Å². The summed E-state index contributed by atoms with van der Waals surface area (Å²) in [5.41, 5.74) is 0.978. The second-order valence-electron chi connectivity index (χ2n) is 5.42. The van der Waals surface area contributed by atoms with Gasteiger partial charge in [0, 0.05) is 17.0 Å². The molecule has 1 saturated carbocycles. The van der Waals surface area contributed by atoms with Crippen LogP contribution in [0.4, 0.5) is 0 Å². The first-order valence-electron chi connectivity index (χ1n) is 6.68. The molecule has 108 valence electrons. The van der Waals surface area contributed by atoms with Crippen molar-refractivity contribution < 1.29 is 14.7 Å². The number of carboxylic acid groups (broad SMARTS) is 1. The Labute approximate surface area is 123 Å². The zero-order chi connectivity index (χ0) is 14.9. The van der Waals surface area contributed by atoms with Crippen LogP contribution in [0.2, 0.25) is 5.02 Å². The SMILES string of the molecule is CC(C)N(CC(=O)O)C(=O)C1CC1c1ccccc1Cl. The molecule has 4 nitrogen and oxygen atoms in total. The molecule has 2 rings (SSSR count). The topological polar surface area (TPSA) is 57.6 Å². The Morgan fingerprint density at radius 3 is 2.60 bits per heavy atom. The number of benzene rings is 1. The number of amides is 1. The second-order valence-corrected chi connectivity index (χ2v) is 5.83. The molecule has 1 fully saturated rings. The summed E-state index contributed by atoms with van der Waals surface area (Å²) in [6.45, 7) is 3.41. The Bertz CT molecular complexity index is 530. The standard InChI is InChI=1S/C15H18ClNO3/c1-9(2)17(8-14(18)19)15(20)12-7-11(12)10-5-3-4-6-13(10)16/h3-6,9,11-12H,7-8H2,1-2H3,(H,18,19). The van der Waals surface area contributed by atoms with Crippen LogP contribution in [-0.2, 0) is 9.59 Å². The van der Waals surface area contributed by atoms with Gasteiger partial charge in [-0.2, -0.15) is 0 Å². The number of rotatable bonds is 5. The van der Waals surface area contributed by atoms with Gasteiger partial charge in [0.25, 0.3) is 0 Å². The van der Waals surface area contributed by atoms with Gasteiger partial charge in [0.05, 0.1) is 0 Å². The van der Waals surface area contributed by atoms with Crippen LogP contribution in [0, 0.1) is 5.92 Å². The van der Waals surface area contributed by atoms with Crippen molar-refractivity contribution in [3.05, 3.63) is 34.9 Å². The molecular weight excluding hydrogens is 278 g/mol. The van der Waals surface area contributed by atoms with E-state index in [0.29, 0.717) is 5.02 Å². The Kier molecular flexibility index (Phi) is 4.33. The minimum atomic E-state index is -0.984. The van der Waals surface area contributed by atoms with Crippen molar-refractivity contribution in [1.29, 1.82) is 0 Å². The number of hydrogen-bond acceptors (Lipinski definition) is 2. The van der Waals surface area contributed by atoms with E-state index in [9.17, 15) is 9.59 Å². The smallest absolute Gasteiger partial charge is 0.323 e. The maximum atomic E-state index is 12.4. The molecule has 0 bridgehead atoms. The highest BCUT2D eigenvalue weighted by Gasteiger charge is 2.47. The molecule has 0 heterocycles. The summed E-state index contributed by atoms with van der Waals surface area (Å²) < 4.78 is 0. The molecule has 5 heteroatoms. The predicted octanol–water partition coefficient (Wildman–Crippen LogP) is 2.77. The van der Waals surface area contributed by atoms with Crippen molar-refractivity contribution in [2.24, 2.45) is 5.92 Å². The maximum absolute atomic E-state index is 12.4. The molecule has 1 aromatic rings. The van der Waals surface area contributed by atoms with Crippen LogP contribution in [0.5, 0.6) is 0 Å². The molecule has 1 aromatic carbocycles. The number of halogens is 1. The summed E-state index contributed by atoms with van der Waals surface area (Å²) in [5.74, 6) is -1.10. The van der Waals surface area contributed by atoms with E-state index in [-0.39, 0.29) is 30.3 Å². The number of carboxylic acids is 1. The first-order valence-corrected chi connectivity index (χ1v) is 7.06. The van der Waals surface area contributed by atoms with Crippen LogP contribution >= 0.6 is 11.6 Å². The zero-order valence-corrected chi connectivity index (χ0v) is 12.3. The van der Waals surface area contributed by atoms with E-state index >= 15 is 0 Å². The first-order chi connectivity index (χ1) is 9.41. The maximum Gasteiger partial charge on any atom is 0.323 e. The van der Waals surface area contributed by atoms with Crippen molar-refractivity contribution in [3.63, 3.8) is 0 Å². The van der Waals surface area contributed by atoms with E-state index < -0.39 is 5.97 Å². The minimum Gasteiger partial charge on any atom is -0.480 e. The quantitative estimate of drug-likeness (QED) is 0.909. The normalized spacial score (nSPS) is 20.8. The van der Waals surface area contributed by atoms with E-state index in [0.717, 1.165) is 12.0 Å². The molecule has 1 amide bonds. The van der Waals surface area contributed by atoms with Crippen LogP contribution in [-0.4, -0.2) is 34.5 Å². The summed E-state index contributed by atoms with van der Waals surface area (Å²) >= 11 is 6.14. The lowest BCUT2D eigenvalue weighted by molar-refractivity contribution is -0.146. The van der Waals surface area contributed by atoms with Gasteiger partial charge < -0.3 is 10.0 Å². The van der Waals surface area contributed by atoms with Gasteiger partial charge in [0.2, 0.25) is 5.91 Å². The van der Waals surface area contributed by atoms with Gasteiger partial charge in [-0.15, -0.1) is 0 Å². The molecule has 0 aliphatic heterocycles. The lowest BCUT2D eigenvalue weighted by Crippen LogP contribution is -2.41. The van der Waals surface area contributed by atoms with Gasteiger partial charge in [-0.25, -0.2) is 0 Å². The third-order valence-corrected chi connectivity index (χ3v) is 3.97. The largest absolute Gasteiger partial charge is 0.480 e. The molecule has 0 spiro atoms. The zero-order valence-electron chi connectivity index (χ0n) is 11.5. The average molecular weight is 296 g/mol. The van der Waals surface area contributed by atoms with Gasteiger partial charge in [0.1, 0.15) is 6.54 Å². The Morgan fingerprint density at radius 1 is 1.40 bits per heavy atom. The predicted molar refractivity (Wildman–Crippen MR) is 76.8 cm³/mol. The number of aliphatic carboxylic acids is 1. The number of nitrogens with zero attached hydrogens (tertiary/aromatic N) is 1.